The lowest BCUT2D eigenvalue weighted by atomic mass is 10.1. The lowest BCUT2D eigenvalue weighted by Crippen LogP contribution is -2.30. The topological polar surface area (TPSA) is 37.4 Å². The lowest BCUT2D eigenvalue weighted by molar-refractivity contribution is 0.435. The maximum atomic E-state index is 13.4. The van der Waals surface area contributed by atoms with Gasteiger partial charge in [-0.1, -0.05) is 60.1 Å². The van der Waals surface area contributed by atoms with Gasteiger partial charge in [-0.25, -0.2) is 8.42 Å². The highest BCUT2D eigenvalue weighted by molar-refractivity contribution is 8.01. The van der Waals surface area contributed by atoms with Crippen molar-refractivity contribution in [2.75, 3.05) is 12.3 Å². The van der Waals surface area contributed by atoms with E-state index in [-0.39, 0.29) is 5.37 Å². The van der Waals surface area contributed by atoms with Crippen molar-refractivity contribution in [3.63, 3.8) is 0 Å². The molecule has 1 fully saturated rings. The Balaban J connectivity index is 1.80. The minimum absolute atomic E-state index is 0.221. The van der Waals surface area contributed by atoms with Gasteiger partial charge in [-0.05, 0) is 29.1 Å². The van der Waals surface area contributed by atoms with Crippen LogP contribution in [0.3, 0.4) is 0 Å². The third kappa shape index (κ3) is 3.06. The lowest BCUT2D eigenvalue weighted by Gasteiger charge is -2.24. The molecular formula is C19H16ClNO2S2. The second-order valence-electron chi connectivity index (χ2n) is 5.87. The molecule has 0 saturated carbocycles. The van der Waals surface area contributed by atoms with E-state index in [1.165, 1.54) is 0 Å². The summed E-state index contributed by atoms with van der Waals surface area (Å²) in [5.74, 6) is 0.775. The van der Waals surface area contributed by atoms with E-state index in [1.54, 1.807) is 40.3 Å². The van der Waals surface area contributed by atoms with Crippen molar-refractivity contribution in [1.82, 2.24) is 4.31 Å². The minimum atomic E-state index is -3.59. The molecule has 0 radical (unpaired) electrons. The molecular weight excluding hydrogens is 374 g/mol. The van der Waals surface area contributed by atoms with Crippen molar-refractivity contribution < 1.29 is 8.42 Å². The van der Waals surface area contributed by atoms with Crippen molar-refractivity contribution >= 4 is 44.2 Å². The summed E-state index contributed by atoms with van der Waals surface area (Å²) in [5, 5.41) is 2.12. The first kappa shape index (κ1) is 16.9. The molecule has 0 spiro atoms. The fourth-order valence-electron chi connectivity index (χ4n) is 3.14. The zero-order valence-electron chi connectivity index (χ0n) is 13.3. The van der Waals surface area contributed by atoms with Crippen molar-refractivity contribution in [3.05, 3.63) is 77.3 Å². The molecule has 3 aromatic rings. The molecule has 1 atom stereocenters. The Morgan fingerprint density at radius 3 is 2.48 bits per heavy atom. The van der Waals surface area contributed by atoms with Crippen molar-refractivity contribution in [1.29, 1.82) is 0 Å². The molecule has 3 nitrogen and oxygen atoms in total. The van der Waals surface area contributed by atoms with E-state index >= 15 is 0 Å². The quantitative estimate of drug-likeness (QED) is 0.637. The van der Waals surface area contributed by atoms with E-state index in [1.807, 2.05) is 42.5 Å². The van der Waals surface area contributed by atoms with Gasteiger partial charge in [0.25, 0.3) is 0 Å². The average molecular weight is 390 g/mol. The Labute approximate surface area is 156 Å². The number of rotatable bonds is 3. The molecule has 0 bridgehead atoms. The summed E-state index contributed by atoms with van der Waals surface area (Å²) in [5.41, 5.74) is 0.954. The van der Waals surface area contributed by atoms with Crippen LogP contribution in [0.25, 0.3) is 10.8 Å². The van der Waals surface area contributed by atoms with Crippen LogP contribution in [0.2, 0.25) is 5.02 Å². The number of hydrogen-bond donors (Lipinski definition) is 0. The van der Waals surface area contributed by atoms with Gasteiger partial charge in [0.2, 0.25) is 10.0 Å². The fraction of sp³-hybridized carbons (Fsp3) is 0.158. The van der Waals surface area contributed by atoms with Gasteiger partial charge in [0.1, 0.15) is 0 Å². The van der Waals surface area contributed by atoms with Gasteiger partial charge in [0.05, 0.1) is 10.3 Å². The smallest absolute Gasteiger partial charge is 0.207 e. The van der Waals surface area contributed by atoms with Gasteiger partial charge < -0.3 is 0 Å². The highest BCUT2D eigenvalue weighted by atomic mass is 35.5. The predicted octanol–water partition coefficient (Wildman–Crippen LogP) is 4.93. The van der Waals surface area contributed by atoms with E-state index < -0.39 is 10.0 Å². The van der Waals surface area contributed by atoms with Gasteiger partial charge in [0.15, 0.2) is 0 Å². The van der Waals surface area contributed by atoms with Gasteiger partial charge in [-0.15, -0.1) is 11.8 Å². The largest absolute Gasteiger partial charge is 0.245 e. The first-order chi connectivity index (χ1) is 12.1. The first-order valence-electron chi connectivity index (χ1n) is 7.94. The second-order valence-corrected chi connectivity index (χ2v) is 9.35. The molecule has 4 rings (SSSR count). The number of nitrogens with zero attached hydrogens (tertiary/aromatic N) is 1. The molecule has 1 aliphatic heterocycles. The van der Waals surface area contributed by atoms with E-state index in [0.29, 0.717) is 16.5 Å². The molecule has 0 aromatic heterocycles. The molecule has 0 aliphatic carbocycles. The Hall–Kier alpha value is -1.53. The summed E-state index contributed by atoms with van der Waals surface area (Å²) in [6, 6.07) is 20.4. The predicted molar refractivity (Wildman–Crippen MR) is 104 cm³/mol. The van der Waals surface area contributed by atoms with Crippen LogP contribution in [0.5, 0.6) is 0 Å². The zero-order chi connectivity index (χ0) is 17.4. The maximum absolute atomic E-state index is 13.4. The summed E-state index contributed by atoms with van der Waals surface area (Å²) in [6.45, 7) is 0.503. The minimum Gasteiger partial charge on any atom is -0.207 e. The molecule has 0 N–H and O–H groups in total. The summed E-state index contributed by atoms with van der Waals surface area (Å²) in [6.07, 6.45) is 0. The fourth-order valence-corrected chi connectivity index (χ4v) is 6.72. The number of halogens is 1. The van der Waals surface area contributed by atoms with Crippen LogP contribution in [0, 0.1) is 0 Å². The summed E-state index contributed by atoms with van der Waals surface area (Å²) >= 11 is 7.61. The third-order valence-corrected chi connectivity index (χ3v) is 7.91. The van der Waals surface area contributed by atoms with Crippen LogP contribution in [0.15, 0.2) is 71.6 Å². The highest BCUT2D eigenvalue weighted by Gasteiger charge is 2.37. The average Bonchev–Trinajstić information content (AvgIpc) is 3.12. The normalized spacial score (nSPS) is 18.7. The Bertz CT molecular complexity index is 1010. The molecule has 1 aliphatic rings. The van der Waals surface area contributed by atoms with E-state index in [4.69, 9.17) is 11.6 Å². The Kier molecular flexibility index (Phi) is 4.50. The van der Waals surface area contributed by atoms with Gasteiger partial charge in [0, 0.05) is 22.7 Å². The monoisotopic (exact) mass is 389 g/mol. The third-order valence-electron chi connectivity index (χ3n) is 4.34. The molecule has 3 aromatic carbocycles. The van der Waals surface area contributed by atoms with Crippen LogP contribution < -0.4 is 0 Å². The Morgan fingerprint density at radius 2 is 1.68 bits per heavy atom. The first-order valence-corrected chi connectivity index (χ1v) is 10.8. The van der Waals surface area contributed by atoms with E-state index in [2.05, 4.69) is 0 Å². The second kappa shape index (κ2) is 6.65. The van der Waals surface area contributed by atoms with Crippen LogP contribution in [0.4, 0.5) is 0 Å². The molecule has 128 valence electrons. The van der Waals surface area contributed by atoms with Gasteiger partial charge >= 0.3 is 0 Å². The SMILES string of the molecule is O=S(=O)(c1cccc2ccccc12)N1CCS[C@H]1c1ccc(Cl)cc1. The van der Waals surface area contributed by atoms with Crippen molar-refractivity contribution in [2.45, 2.75) is 10.3 Å². The molecule has 0 amide bonds. The summed E-state index contributed by atoms with van der Waals surface area (Å²) < 4.78 is 28.4. The van der Waals surface area contributed by atoms with Crippen LogP contribution in [-0.2, 0) is 10.0 Å². The molecule has 25 heavy (non-hydrogen) atoms. The van der Waals surface area contributed by atoms with Crippen LogP contribution >= 0.6 is 23.4 Å². The van der Waals surface area contributed by atoms with Crippen molar-refractivity contribution in [3.8, 4) is 0 Å². The van der Waals surface area contributed by atoms with Crippen LogP contribution in [0.1, 0.15) is 10.9 Å². The Morgan fingerprint density at radius 1 is 0.960 bits per heavy atom. The molecule has 1 saturated heterocycles. The number of sulfonamides is 1. The maximum Gasteiger partial charge on any atom is 0.245 e. The molecule has 0 unspecified atom stereocenters. The zero-order valence-corrected chi connectivity index (χ0v) is 15.7. The van der Waals surface area contributed by atoms with Gasteiger partial charge in [-0.2, -0.15) is 4.31 Å². The van der Waals surface area contributed by atoms with E-state index in [0.717, 1.165) is 22.1 Å². The number of benzene rings is 3. The molecule has 1 heterocycles. The standard InChI is InChI=1S/C19H16ClNO2S2/c20-16-10-8-15(9-11-16)19-21(12-13-24-19)25(22,23)18-7-3-5-14-4-1-2-6-17(14)18/h1-11,19H,12-13H2/t19-/m0/s1. The molecule has 6 heteroatoms. The van der Waals surface area contributed by atoms with Crippen molar-refractivity contribution in [2.24, 2.45) is 0 Å². The number of fused-ring (bicyclic) bond motifs is 1. The van der Waals surface area contributed by atoms with Gasteiger partial charge in [-0.3, -0.25) is 0 Å². The van der Waals surface area contributed by atoms with E-state index in [9.17, 15) is 8.42 Å². The summed E-state index contributed by atoms with van der Waals surface area (Å²) in [7, 11) is -3.59. The summed E-state index contributed by atoms with van der Waals surface area (Å²) in [4.78, 5) is 0.368. The van der Waals surface area contributed by atoms with Crippen LogP contribution in [-0.4, -0.2) is 25.0 Å². The number of hydrogen-bond acceptors (Lipinski definition) is 3. The highest BCUT2D eigenvalue weighted by Crippen LogP contribution is 2.42. The number of thioether (sulfide) groups is 1.